The third-order valence-corrected chi connectivity index (χ3v) is 5.25. The summed E-state index contributed by atoms with van der Waals surface area (Å²) in [5, 5.41) is 6.34. The van der Waals surface area contributed by atoms with Crippen LogP contribution in [-0.4, -0.2) is 34.5 Å². The molecule has 0 spiro atoms. The molecule has 0 amide bonds. The SMILES string of the molecule is CCNC(=NCc1cccc(S(=O)(=O)NC)c1)NCCc1cccc(F)c1. The van der Waals surface area contributed by atoms with Gasteiger partial charge in [-0.15, -0.1) is 0 Å². The van der Waals surface area contributed by atoms with Gasteiger partial charge in [0, 0.05) is 13.1 Å². The van der Waals surface area contributed by atoms with Gasteiger partial charge < -0.3 is 10.6 Å². The number of hydrogen-bond acceptors (Lipinski definition) is 3. The predicted molar refractivity (Wildman–Crippen MR) is 106 cm³/mol. The van der Waals surface area contributed by atoms with E-state index in [9.17, 15) is 12.8 Å². The second-order valence-corrected chi connectivity index (χ2v) is 7.74. The van der Waals surface area contributed by atoms with Crippen molar-refractivity contribution in [1.29, 1.82) is 0 Å². The smallest absolute Gasteiger partial charge is 0.240 e. The number of aliphatic imine (C=N–C) groups is 1. The van der Waals surface area contributed by atoms with Crippen LogP contribution in [0, 0.1) is 5.82 Å². The topological polar surface area (TPSA) is 82.6 Å². The molecule has 2 aromatic rings. The molecule has 0 fully saturated rings. The fraction of sp³-hybridized carbons (Fsp3) is 0.316. The summed E-state index contributed by atoms with van der Waals surface area (Å²) >= 11 is 0. The van der Waals surface area contributed by atoms with E-state index in [4.69, 9.17) is 0 Å². The first kappa shape index (κ1) is 20.9. The van der Waals surface area contributed by atoms with Gasteiger partial charge in [-0.05, 0) is 55.8 Å². The van der Waals surface area contributed by atoms with Crippen LogP contribution in [0.3, 0.4) is 0 Å². The number of nitrogens with zero attached hydrogens (tertiary/aromatic N) is 1. The van der Waals surface area contributed by atoms with Gasteiger partial charge in [0.05, 0.1) is 11.4 Å². The monoisotopic (exact) mass is 392 g/mol. The van der Waals surface area contributed by atoms with Crippen molar-refractivity contribution in [2.24, 2.45) is 4.99 Å². The van der Waals surface area contributed by atoms with E-state index < -0.39 is 10.0 Å². The number of halogens is 1. The van der Waals surface area contributed by atoms with Gasteiger partial charge in [-0.3, -0.25) is 0 Å². The summed E-state index contributed by atoms with van der Waals surface area (Å²) in [6.07, 6.45) is 0.665. The second kappa shape index (κ2) is 10.0. The Morgan fingerprint density at radius 2 is 1.81 bits per heavy atom. The maximum absolute atomic E-state index is 13.2. The van der Waals surface area contributed by atoms with E-state index >= 15 is 0 Å². The van der Waals surface area contributed by atoms with Crippen molar-refractivity contribution in [3.63, 3.8) is 0 Å². The van der Waals surface area contributed by atoms with E-state index in [0.29, 0.717) is 32.0 Å². The van der Waals surface area contributed by atoms with Crippen LogP contribution in [0.15, 0.2) is 58.4 Å². The summed E-state index contributed by atoms with van der Waals surface area (Å²) in [6, 6.07) is 13.2. The molecule has 0 aliphatic rings. The minimum Gasteiger partial charge on any atom is -0.357 e. The van der Waals surface area contributed by atoms with E-state index in [2.05, 4.69) is 20.3 Å². The zero-order valence-electron chi connectivity index (χ0n) is 15.5. The van der Waals surface area contributed by atoms with Crippen LogP contribution in [-0.2, 0) is 23.0 Å². The van der Waals surface area contributed by atoms with Crippen LogP contribution in [0.4, 0.5) is 4.39 Å². The fourth-order valence-corrected chi connectivity index (χ4v) is 3.26. The molecule has 2 rings (SSSR count). The Kier molecular flexibility index (Phi) is 7.75. The molecule has 0 bridgehead atoms. The molecule has 0 heterocycles. The summed E-state index contributed by atoms with van der Waals surface area (Å²) in [4.78, 5) is 4.70. The highest BCUT2D eigenvalue weighted by Crippen LogP contribution is 2.12. The molecule has 0 saturated carbocycles. The van der Waals surface area contributed by atoms with E-state index in [1.807, 2.05) is 19.1 Å². The lowest BCUT2D eigenvalue weighted by molar-refractivity contribution is 0.588. The molecule has 3 N–H and O–H groups in total. The predicted octanol–water partition coefficient (Wildman–Crippen LogP) is 2.03. The quantitative estimate of drug-likeness (QED) is 0.474. The lowest BCUT2D eigenvalue weighted by Gasteiger charge is -2.11. The summed E-state index contributed by atoms with van der Waals surface area (Å²) in [7, 11) is -2.10. The maximum Gasteiger partial charge on any atom is 0.240 e. The number of sulfonamides is 1. The number of nitrogens with one attached hydrogen (secondary N) is 3. The van der Waals surface area contributed by atoms with E-state index in [-0.39, 0.29) is 10.7 Å². The molecule has 0 saturated heterocycles. The van der Waals surface area contributed by atoms with Crippen LogP contribution >= 0.6 is 0 Å². The van der Waals surface area contributed by atoms with Gasteiger partial charge in [-0.2, -0.15) is 0 Å². The average molecular weight is 393 g/mol. The van der Waals surface area contributed by atoms with Crippen molar-refractivity contribution in [2.75, 3.05) is 20.1 Å². The van der Waals surface area contributed by atoms with E-state index in [1.54, 1.807) is 24.3 Å². The molecule has 27 heavy (non-hydrogen) atoms. The van der Waals surface area contributed by atoms with Gasteiger partial charge in [0.1, 0.15) is 5.82 Å². The molecule has 6 nitrogen and oxygen atoms in total. The van der Waals surface area contributed by atoms with Gasteiger partial charge in [0.2, 0.25) is 10.0 Å². The van der Waals surface area contributed by atoms with Gasteiger partial charge in [-0.25, -0.2) is 22.5 Å². The van der Waals surface area contributed by atoms with Crippen molar-refractivity contribution in [1.82, 2.24) is 15.4 Å². The largest absolute Gasteiger partial charge is 0.357 e. The van der Waals surface area contributed by atoms with E-state index in [1.165, 1.54) is 19.2 Å². The molecule has 2 aromatic carbocycles. The molecule has 0 aromatic heterocycles. The highest BCUT2D eigenvalue weighted by atomic mass is 32.2. The Hall–Kier alpha value is -2.45. The minimum absolute atomic E-state index is 0.210. The number of hydrogen-bond donors (Lipinski definition) is 3. The van der Waals surface area contributed by atoms with Crippen LogP contribution < -0.4 is 15.4 Å². The summed E-state index contributed by atoms with van der Waals surface area (Å²) in [5.74, 6) is 0.375. The maximum atomic E-state index is 13.2. The van der Waals surface area contributed by atoms with Crippen molar-refractivity contribution in [3.8, 4) is 0 Å². The summed E-state index contributed by atoms with van der Waals surface area (Å²) in [6.45, 7) is 3.59. The Labute approximate surface area is 160 Å². The zero-order valence-corrected chi connectivity index (χ0v) is 16.3. The lowest BCUT2D eigenvalue weighted by Crippen LogP contribution is -2.38. The molecular formula is C19H25FN4O2S. The van der Waals surface area contributed by atoms with Crippen LogP contribution in [0.2, 0.25) is 0 Å². The summed E-state index contributed by atoms with van der Waals surface area (Å²) < 4.78 is 39.3. The molecular weight excluding hydrogens is 367 g/mol. The Bertz CT molecular complexity index is 885. The second-order valence-electron chi connectivity index (χ2n) is 5.86. The number of benzene rings is 2. The van der Waals surface area contributed by atoms with Crippen molar-refractivity contribution >= 4 is 16.0 Å². The van der Waals surface area contributed by atoms with Gasteiger partial charge in [-0.1, -0.05) is 24.3 Å². The van der Waals surface area contributed by atoms with Gasteiger partial charge in [0.15, 0.2) is 5.96 Å². The Morgan fingerprint density at radius 1 is 1.07 bits per heavy atom. The normalized spacial score (nSPS) is 12.0. The molecule has 146 valence electrons. The van der Waals surface area contributed by atoms with Crippen molar-refractivity contribution in [2.45, 2.75) is 24.8 Å². The highest BCUT2D eigenvalue weighted by molar-refractivity contribution is 7.89. The lowest BCUT2D eigenvalue weighted by atomic mass is 10.1. The summed E-state index contributed by atoms with van der Waals surface area (Å²) in [5.41, 5.74) is 1.69. The standard InChI is InChI=1S/C19H25FN4O2S/c1-3-22-19(23-11-10-15-6-4-8-17(20)12-15)24-14-16-7-5-9-18(13-16)27(25,26)21-2/h4-9,12-13,21H,3,10-11,14H2,1-2H3,(H2,22,23,24). The van der Waals surface area contributed by atoms with Crippen molar-refractivity contribution < 1.29 is 12.8 Å². The average Bonchev–Trinajstić information content (AvgIpc) is 2.66. The first-order valence-electron chi connectivity index (χ1n) is 8.73. The Balaban J connectivity index is 1.99. The van der Waals surface area contributed by atoms with Crippen LogP contribution in [0.1, 0.15) is 18.1 Å². The fourth-order valence-electron chi connectivity index (χ4n) is 2.46. The minimum atomic E-state index is -3.48. The van der Waals surface area contributed by atoms with Gasteiger partial charge >= 0.3 is 0 Å². The van der Waals surface area contributed by atoms with Crippen molar-refractivity contribution in [3.05, 3.63) is 65.5 Å². The number of guanidine groups is 1. The first-order valence-corrected chi connectivity index (χ1v) is 10.2. The third kappa shape index (κ3) is 6.65. The zero-order chi connectivity index (χ0) is 19.7. The first-order chi connectivity index (χ1) is 12.9. The molecule has 8 heteroatoms. The van der Waals surface area contributed by atoms with E-state index in [0.717, 1.165) is 11.1 Å². The third-order valence-electron chi connectivity index (χ3n) is 3.84. The van der Waals surface area contributed by atoms with Crippen LogP contribution in [0.5, 0.6) is 0 Å². The van der Waals surface area contributed by atoms with Gasteiger partial charge in [0.25, 0.3) is 0 Å². The molecule has 0 unspecified atom stereocenters. The number of rotatable bonds is 8. The molecule has 0 radical (unpaired) electrons. The molecule has 0 aliphatic carbocycles. The highest BCUT2D eigenvalue weighted by Gasteiger charge is 2.11. The molecule has 0 atom stereocenters. The van der Waals surface area contributed by atoms with Crippen LogP contribution in [0.25, 0.3) is 0 Å². The Morgan fingerprint density at radius 3 is 2.52 bits per heavy atom. The molecule has 0 aliphatic heterocycles.